The summed E-state index contributed by atoms with van der Waals surface area (Å²) in [5.74, 6) is 3.54. The van der Waals surface area contributed by atoms with E-state index in [-0.39, 0.29) is 0 Å². The van der Waals surface area contributed by atoms with Crippen molar-refractivity contribution < 1.29 is 0 Å². The fourth-order valence-corrected chi connectivity index (χ4v) is 3.88. The third-order valence-corrected chi connectivity index (χ3v) is 4.83. The van der Waals surface area contributed by atoms with Crippen molar-refractivity contribution in [2.45, 2.75) is 38.3 Å². The molecule has 88 valence electrons. The molecule has 0 spiro atoms. The first kappa shape index (κ1) is 11.7. The van der Waals surface area contributed by atoms with Crippen molar-refractivity contribution in [2.75, 3.05) is 31.6 Å². The molecule has 3 heteroatoms. The summed E-state index contributed by atoms with van der Waals surface area (Å²) in [5.41, 5.74) is 0. The maximum atomic E-state index is 3.89. The predicted octanol–water partition coefficient (Wildman–Crippen LogP) is 1.81. The zero-order valence-electron chi connectivity index (χ0n) is 10.0. The van der Waals surface area contributed by atoms with E-state index >= 15 is 0 Å². The number of nitrogens with zero attached hydrogens (tertiary/aromatic N) is 1. The summed E-state index contributed by atoms with van der Waals surface area (Å²) in [6, 6.07) is 1.58. The number of hydrogen-bond acceptors (Lipinski definition) is 3. The summed E-state index contributed by atoms with van der Waals surface area (Å²) < 4.78 is 0. The van der Waals surface area contributed by atoms with E-state index < -0.39 is 0 Å². The molecule has 2 aliphatic rings. The minimum atomic E-state index is 0.772. The molecule has 15 heavy (non-hydrogen) atoms. The molecule has 2 heterocycles. The highest BCUT2D eigenvalue weighted by atomic mass is 32.2. The van der Waals surface area contributed by atoms with Crippen molar-refractivity contribution in [3.63, 3.8) is 0 Å². The summed E-state index contributed by atoms with van der Waals surface area (Å²) in [5, 5.41) is 3.89. The number of rotatable bonds is 2. The van der Waals surface area contributed by atoms with Crippen LogP contribution >= 0.6 is 11.8 Å². The van der Waals surface area contributed by atoms with Crippen LogP contribution in [0.4, 0.5) is 0 Å². The number of piperidine rings is 1. The molecule has 0 aromatic rings. The van der Waals surface area contributed by atoms with Crippen LogP contribution < -0.4 is 5.32 Å². The van der Waals surface area contributed by atoms with E-state index in [1.807, 2.05) is 0 Å². The van der Waals surface area contributed by atoms with Crippen LogP contribution in [0.15, 0.2) is 0 Å². The van der Waals surface area contributed by atoms with Crippen molar-refractivity contribution in [3.8, 4) is 0 Å². The molecule has 2 unspecified atom stereocenters. The van der Waals surface area contributed by atoms with E-state index in [9.17, 15) is 0 Å². The lowest BCUT2D eigenvalue weighted by atomic mass is 9.93. The van der Waals surface area contributed by atoms with Crippen molar-refractivity contribution in [2.24, 2.45) is 5.92 Å². The average molecular weight is 228 g/mol. The molecule has 2 nitrogen and oxygen atoms in total. The highest BCUT2D eigenvalue weighted by Crippen LogP contribution is 2.21. The van der Waals surface area contributed by atoms with Crippen LogP contribution in [0.1, 0.15) is 26.2 Å². The molecule has 0 aromatic heterocycles. The van der Waals surface area contributed by atoms with Crippen LogP contribution in [0.25, 0.3) is 0 Å². The Bertz CT molecular complexity index is 192. The van der Waals surface area contributed by atoms with Gasteiger partial charge in [0.25, 0.3) is 0 Å². The largest absolute Gasteiger partial charge is 0.311 e. The van der Waals surface area contributed by atoms with Crippen molar-refractivity contribution in [3.05, 3.63) is 0 Å². The van der Waals surface area contributed by atoms with Gasteiger partial charge in [-0.25, -0.2) is 0 Å². The fraction of sp³-hybridized carbons (Fsp3) is 1.00. The predicted molar refractivity (Wildman–Crippen MR) is 68.5 cm³/mol. The second-order valence-corrected chi connectivity index (χ2v) is 6.41. The molecule has 2 atom stereocenters. The Morgan fingerprint density at radius 3 is 2.60 bits per heavy atom. The third kappa shape index (κ3) is 3.36. The van der Waals surface area contributed by atoms with E-state index in [1.54, 1.807) is 0 Å². The Morgan fingerprint density at radius 1 is 1.20 bits per heavy atom. The van der Waals surface area contributed by atoms with Gasteiger partial charge >= 0.3 is 0 Å². The summed E-state index contributed by atoms with van der Waals surface area (Å²) >= 11 is 2.11. The molecule has 2 saturated heterocycles. The molecule has 0 radical (unpaired) electrons. The summed E-state index contributed by atoms with van der Waals surface area (Å²) in [6.07, 6.45) is 4.09. The van der Waals surface area contributed by atoms with Crippen LogP contribution in [0, 0.1) is 5.92 Å². The topological polar surface area (TPSA) is 15.3 Å². The highest BCUT2D eigenvalue weighted by Gasteiger charge is 2.26. The molecular formula is C12H24N2S. The van der Waals surface area contributed by atoms with Crippen LogP contribution in [0.3, 0.4) is 0 Å². The monoisotopic (exact) mass is 228 g/mol. The highest BCUT2D eigenvalue weighted by molar-refractivity contribution is 7.99. The zero-order valence-corrected chi connectivity index (χ0v) is 10.9. The molecule has 2 aliphatic heterocycles. The maximum Gasteiger partial charge on any atom is 0.0120 e. The first-order valence-corrected chi connectivity index (χ1v) is 7.43. The molecule has 2 fully saturated rings. The van der Waals surface area contributed by atoms with Gasteiger partial charge < -0.3 is 10.2 Å². The number of thioether (sulfide) groups is 1. The smallest absolute Gasteiger partial charge is 0.0120 e. The third-order valence-electron chi connectivity index (χ3n) is 3.78. The molecule has 0 aliphatic carbocycles. The van der Waals surface area contributed by atoms with E-state index in [0.717, 1.165) is 18.0 Å². The van der Waals surface area contributed by atoms with E-state index in [4.69, 9.17) is 0 Å². The molecule has 0 aromatic carbocycles. The van der Waals surface area contributed by atoms with Gasteiger partial charge in [0.1, 0.15) is 0 Å². The van der Waals surface area contributed by atoms with Crippen molar-refractivity contribution in [1.29, 1.82) is 0 Å². The molecular weight excluding hydrogens is 204 g/mol. The fourth-order valence-electron chi connectivity index (χ4n) is 2.77. The molecule has 0 bridgehead atoms. The second kappa shape index (κ2) is 5.55. The SMILES string of the molecule is CC1CN(C)CCC1NC1CCSCC1. The normalized spacial score (nSPS) is 35.6. The van der Waals surface area contributed by atoms with E-state index in [0.29, 0.717) is 0 Å². The lowest BCUT2D eigenvalue weighted by Crippen LogP contribution is -2.50. The quantitative estimate of drug-likeness (QED) is 0.776. The van der Waals surface area contributed by atoms with Crippen molar-refractivity contribution in [1.82, 2.24) is 10.2 Å². The Hall–Kier alpha value is 0.270. The first-order valence-electron chi connectivity index (χ1n) is 6.28. The van der Waals surface area contributed by atoms with Crippen LogP contribution in [0.2, 0.25) is 0 Å². The van der Waals surface area contributed by atoms with Crippen LogP contribution in [0.5, 0.6) is 0 Å². The minimum absolute atomic E-state index is 0.772. The Morgan fingerprint density at radius 2 is 1.93 bits per heavy atom. The lowest BCUT2D eigenvalue weighted by molar-refractivity contribution is 0.164. The summed E-state index contributed by atoms with van der Waals surface area (Å²) in [4.78, 5) is 2.46. The number of nitrogens with one attached hydrogen (secondary N) is 1. The molecule has 2 rings (SSSR count). The average Bonchev–Trinajstić information content (AvgIpc) is 2.24. The van der Waals surface area contributed by atoms with Gasteiger partial charge in [0.05, 0.1) is 0 Å². The van der Waals surface area contributed by atoms with E-state index in [1.165, 1.54) is 43.9 Å². The summed E-state index contributed by atoms with van der Waals surface area (Å²) in [6.45, 7) is 4.92. The van der Waals surface area contributed by atoms with Gasteiger partial charge in [0, 0.05) is 18.6 Å². The zero-order chi connectivity index (χ0) is 10.7. The van der Waals surface area contributed by atoms with Gasteiger partial charge in [-0.15, -0.1) is 0 Å². The van der Waals surface area contributed by atoms with Gasteiger partial charge in [-0.2, -0.15) is 11.8 Å². The standard InChI is InChI=1S/C12H24N2S/c1-10-9-14(2)6-3-12(10)13-11-4-7-15-8-5-11/h10-13H,3-9H2,1-2H3. The second-order valence-electron chi connectivity index (χ2n) is 5.19. The first-order chi connectivity index (χ1) is 7.25. The Balaban J connectivity index is 1.77. The summed E-state index contributed by atoms with van der Waals surface area (Å²) in [7, 11) is 2.24. The lowest BCUT2D eigenvalue weighted by Gasteiger charge is -2.38. The Kier molecular flexibility index (Phi) is 4.35. The van der Waals surface area contributed by atoms with Gasteiger partial charge in [-0.3, -0.25) is 0 Å². The van der Waals surface area contributed by atoms with Gasteiger partial charge in [0.2, 0.25) is 0 Å². The Labute approximate surface area is 98.2 Å². The molecule has 0 saturated carbocycles. The van der Waals surface area contributed by atoms with Crippen LogP contribution in [-0.2, 0) is 0 Å². The van der Waals surface area contributed by atoms with Crippen molar-refractivity contribution >= 4 is 11.8 Å². The minimum Gasteiger partial charge on any atom is -0.311 e. The maximum absolute atomic E-state index is 3.89. The number of likely N-dealkylation sites (tertiary alicyclic amines) is 1. The number of hydrogen-bond donors (Lipinski definition) is 1. The molecule has 0 amide bonds. The van der Waals surface area contributed by atoms with Crippen LogP contribution in [-0.4, -0.2) is 48.6 Å². The van der Waals surface area contributed by atoms with Gasteiger partial charge in [0.15, 0.2) is 0 Å². The van der Waals surface area contributed by atoms with Gasteiger partial charge in [-0.05, 0) is 50.3 Å². The van der Waals surface area contributed by atoms with Gasteiger partial charge in [-0.1, -0.05) is 6.92 Å². The van der Waals surface area contributed by atoms with E-state index in [2.05, 4.69) is 35.9 Å². The molecule has 1 N–H and O–H groups in total.